The number of hydrogen-bond donors (Lipinski definition) is 2. The zero-order chi connectivity index (χ0) is 11.9. The van der Waals surface area contributed by atoms with Crippen molar-refractivity contribution in [2.75, 3.05) is 37.7 Å². The van der Waals surface area contributed by atoms with Crippen LogP contribution in [0.2, 0.25) is 0 Å². The van der Waals surface area contributed by atoms with Gasteiger partial charge >= 0.3 is 0 Å². The Kier molecular flexibility index (Phi) is 5.61. The Morgan fingerprint density at radius 2 is 2.18 bits per heavy atom. The molecule has 2 fully saturated rings. The van der Waals surface area contributed by atoms with Gasteiger partial charge in [0.15, 0.2) is 0 Å². The van der Waals surface area contributed by atoms with Crippen LogP contribution in [0.5, 0.6) is 0 Å². The molecule has 4 nitrogen and oxygen atoms in total. The van der Waals surface area contributed by atoms with E-state index in [0.29, 0.717) is 19.3 Å². The molecule has 0 aromatic carbocycles. The van der Waals surface area contributed by atoms with E-state index in [1.807, 2.05) is 11.8 Å². The lowest BCUT2D eigenvalue weighted by Crippen LogP contribution is -2.36. The van der Waals surface area contributed by atoms with Crippen LogP contribution >= 0.6 is 11.8 Å². The molecule has 1 unspecified atom stereocenters. The first-order valence-electron chi connectivity index (χ1n) is 6.54. The van der Waals surface area contributed by atoms with Crippen LogP contribution in [0.1, 0.15) is 19.3 Å². The Morgan fingerprint density at radius 3 is 2.88 bits per heavy atom. The smallest absolute Gasteiger partial charge is 0.224 e. The molecule has 0 saturated carbocycles. The second kappa shape index (κ2) is 7.24. The molecule has 2 aliphatic rings. The number of piperidine rings is 1. The first kappa shape index (κ1) is 13.2. The summed E-state index contributed by atoms with van der Waals surface area (Å²) in [5, 5.41) is 6.28. The molecule has 0 aliphatic carbocycles. The van der Waals surface area contributed by atoms with Crippen LogP contribution in [0.25, 0.3) is 0 Å². The monoisotopic (exact) mass is 258 g/mol. The van der Waals surface area contributed by atoms with E-state index in [9.17, 15) is 4.79 Å². The van der Waals surface area contributed by atoms with E-state index in [2.05, 4.69) is 10.6 Å². The molecule has 0 aromatic rings. The van der Waals surface area contributed by atoms with Crippen LogP contribution in [-0.2, 0) is 9.53 Å². The fourth-order valence-corrected chi connectivity index (χ4v) is 3.47. The van der Waals surface area contributed by atoms with Gasteiger partial charge in [0.2, 0.25) is 5.91 Å². The SMILES string of the molecule is O=C(NCCOC1CCNCC1)C1CCSC1. The average molecular weight is 258 g/mol. The van der Waals surface area contributed by atoms with Crippen molar-refractivity contribution in [1.29, 1.82) is 0 Å². The fraction of sp³-hybridized carbons (Fsp3) is 0.917. The molecule has 98 valence electrons. The molecule has 0 aromatic heterocycles. The lowest BCUT2D eigenvalue weighted by molar-refractivity contribution is -0.124. The van der Waals surface area contributed by atoms with Gasteiger partial charge in [-0.3, -0.25) is 4.79 Å². The molecular weight excluding hydrogens is 236 g/mol. The van der Waals surface area contributed by atoms with Gasteiger partial charge in [-0.2, -0.15) is 11.8 Å². The highest BCUT2D eigenvalue weighted by molar-refractivity contribution is 7.99. The maximum Gasteiger partial charge on any atom is 0.224 e. The van der Waals surface area contributed by atoms with Crippen LogP contribution in [0.4, 0.5) is 0 Å². The lowest BCUT2D eigenvalue weighted by atomic mass is 10.1. The largest absolute Gasteiger partial charge is 0.376 e. The van der Waals surface area contributed by atoms with Crippen LogP contribution in [0.15, 0.2) is 0 Å². The van der Waals surface area contributed by atoms with Gasteiger partial charge in [-0.05, 0) is 38.1 Å². The molecule has 0 radical (unpaired) electrons. The van der Waals surface area contributed by atoms with E-state index in [1.165, 1.54) is 0 Å². The van der Waals surface area contributed by atoms with Crippen molar-refractivity contribution in [3.05, 3.63) is 0 Å². The summed E-state index contributed by atoms with van der Waals surface area (Å²) < 4.78 is 5.74. The van der Waals surface area contributed by atoms with Crippen molar-refractivity contribution in [3.63, 3.8) is 0 Å². The van der Waals surface area contributed by atoms with Gasteiger partial charge in [0, 0.05) is 18.2 Å². The first-order chi connectivity index (χ1) is 8.36. The van der Waals surface area contributed by atoms with E-state index >= 15 is 0 Å². The van der Waals surface area contributed by atoms with E-state index < -0.39 is 0 Å². The summed E-state index contributed by atoms with van der Waals surface area (Å²) in [6, 6.07) is 0. The van der Waals surface area contributed by atoms with E-state index in [1.54, 1.807) is 0 Å². The summed E-state index contributed by atoms with van der Waals surface area (Å²) in [6.07, 6.45) is 3.60. The third-order valence-corrected chi connectivity index (χ3v) is 4.50. The van der Waals surface area contributed by atoms with Crippen molar-refractivity contribution < 1.29 is 9.53 Å². The molecule has 1 atom stereocenters. The van der Waals surface area contributed by atoms with Crippen molar-refractivity contribution in [2.24, 2.45) is 5.92 Å². The molecule has 0 spiro atoms. The number of rotatable bonds is 5. The highest BCUT2D eigenvalue weighted by Gasteiger charge is 2.22. The van der Waals surface area contributed by atoms with Gasteiger partial charge in [-0.25, -0.2) is 0 Å². The van der Waals surface area contributed by atoms with Crippen molar-refractivity contribution in [1.82, 2.24) is 10.6 Å². The molecule has 2 N–H and O–H groups in total. The molecule has 2 saturated heterocycles. The Hall–Kier alpha value is -0.260. The van der Waals surface area contributed by atoms with Gasteiger partial charge in [-0.1, -0.05) is 0 Å². The normalized spacial score (nSPS) is 26.0. The fourth-order valence-electron chi connectivity index (χ4n) is 2.25. The van der Waals surface area contributed by atoms with Crippen molar-refractivity contribution >= 4 is 17.7 Å². The van der Waals surface area contributed by atoms with Gasteiger partial charge in [0.05, 0.1) is 12.7 Å². The van der Waals surface area contributed by atoms with Crippen LogP contribution in [-0.4, -0.2) is 49.8 Å². The number of thioether (sulfide) groups is 1. The topological polar surface area (TPSA) is 50.4 Å². The summed E-state index contributed by atoms with van der Waals surface area (Å²) >= 11 is 1.87. The Labute approximate surface area is 107 Å². The Balaban J connectivity index is 1.51. The summed E-state index contributed by atoms with van der Waals surface area (Å²) in [5.74, 6) is 2.56. The minimum absolute atomic E-state index is 0.212. The predicted molar refractivity (Wildman–Crippen MR) is 70.3 cm³/mol. The Bertz CT molecular complexity index is 239. The summed E-state index contributed by atoms with van der Waals surface area (Å²) in [7, 11) is 0. The summed E-state index contributed by atoms with van der Waals surface area (Å²) in [5.41, 5.74) is 0. The van der Waals surface area contributed by atoms with Crippen LogP contribution < -0.4 is 10.6 Å². The van der Waals surface area contributed by atoms with Crippen LogP contribution in [0.3, 0.4) is 0 Å². The standard InChI is InChI=1S/C12H22N2O2S/c15-12(10-3-8-17-9-10)14-6-7-16-11-1-4-13-5-2-11/h10-11,13H,1-9H2,(H,14,15). The van der Waals surface area contributed by atoms with Gasteiger partial charge < -0.3 is 15.4 Å². The molecule has 0 bridgehead atoms. The molecule has 1 amide bonds. The van der Waals surface area contributed by atoms with E-state index in [0.717, 1.165) is 43.9 Å². The third-order valence-electron chi connectivity index (χ3n) is 3.34. The minimum atomic E-state index is 0.212. The molecule has 2 heterocycles. The van der Waals surface area contributed by atoms with Gasteiger partial charge in [-0.15, -0.1) is 0 Å². The van der Waals surface area contributed by atoms with E-state index in [4.69, 9.17) is 4.74 Å². The number of amides is 1. The van der Waals surface area contributed by atoms with Gasteiger partial charge in [0.25, 0.3) is 0 Å². The molecule has 2 aliphatic heterocycles. The zero-order valence-corrected chi connectivity index (χ0v) is 11.1. The molecule has 17 heavy (non-hydrogen) atoms. The number of nitrogens with one attached hydrogen (secondary N) is 2. The molecule has 5 heteroatoms. The quantitative estimate of drug-likeness (QED) is 0.710. The van der Waals surface area contributed by atoms with Gasteiger partial charge in [0.1, 0.15) is 0 Å². The van der Waals surface area contributed by atoms with Crippen LogP contribution in [0, 0.1) is 5.92 Å². The second-order valence-corrected chi connectivity index (χ2v) is 5.82. The molecule has 2 rings (SSSR count). The van der Waals surface area contributed by atoms with Crippen molar-refractivity contribution in [3.8, 4) is 0 Å². The third kappa shape index (κ3) is 4.48. The predicted octanol–water partition coefficient (Wildman–Crippen LogP) is 0.624. The highest BCUT2D eigenvalue weighted by atomic mass is 32.2. The number of ether oxygens (including phenoxy) is 1. The first-order valence-corrected chi connectivity index (χ1v) is 7.69. The van der Waals surface area contributed by atoms with Crippen molar-refractivity contribution in [2.45, 2.75) is 25.4 Å². The minimum Gasteiger partial charge on any atom is -0.376 e. The highest BCUT2D eigenvalue weighted by Crippen LogP contribution is 2.23. The maximum absolute atomic E-state index is 11.7. The second-order valence-electron chi connectivity index (χ2n) is 4.67. The zero-order valence-electron chi connectivity index (χ0n) is 10.2. The Morgan fingerprint density at radius 1 is 1.35 bits per heavy atom. The lowest BCUT2D eigenvalue weighted by Gasteiger charge is -2.23. The number of carbonyl (C=O) groups is 1. The molecular formula is C12H22N2O2S. The number of carbonyl (C=O) groups excluding carboxylic acids is 1. The number of hydrogen-bond acceptors (Lipinski definition) is 4. The van der Waals surface area contributed by atoms with E-state index in [-0.39, 0.29) is 11.8 Å². The summed E-state index contributed by atoms with van der Waals surface area (Å²) in [6.45, 7) is 3.41. The average Bonchev–Trinajstić information content (AvgIpc) is 2.89. The summed E-state index contributed by atoms with van der Waals surface area (Å²) in [4.78, 5) is 11.7. The maximum atomic E-state index is 11.7.